The highest BCUT2D eigenvalue weighted by atomic mass is 35.5. The van der Waals surface area contributed by atoms with E-state index >= 15 is 0 Å². The highest BCUT2D eigenvalue weighted by Gasteiger charge is 2.20. The fourth-order valence-electron chi connectivity index (χ4n) is 2.64. The lowest BCUT2D eigenvalue weighted by Crippen LogP contribution is -2.07. The molecule has 0 aliphatic carbocycles. The summed E-state index contributed by atoms with van der Waals surface area (Å²) in [4.78, 5) is 12.4. The predicted octanol–water partition coefficient (Wildman–Crippen LogP) is 4.15. The van der Waals surface area contributed by atoms with Gasteiger partial charge in [0.1, 0.15) is 11.6 Å². The third-order valence-corrected chi connectivity index (χ3v) is 3.89. The van der Waals surface area contributed by atoms with Crippen LogP contribution >= 0.6 is 11.6 Å². The van der Waals surface area contributed by atoms with E-state index in [2.05, 4.69) is 0 Å². The standard InChI is InChI=1S/C17H14ClFO2/c1-10-2-3-14(19)9-15(10)16(20)8-12-7-13(18)6-11-4-5-21-17(11)12/h2-3,6-7,9H,4-5,8H2,1H3. The van der Waals surface area contributed by atoms with Crippen LogP contribution in [0.25, 0.3) is 0 Å². The van der Waals surface area contributed by atoms with Crippen molar-refractivity contribution in [1.29, 1.82) is 0 Å². The third-order valence-electron chi connectivity index (χ3n) is 3.68. The van der Waals surface area contributed by atoms with Crippen molar-refractivity contribution in [2.24, 2.45) is 0 Å². The van der Waals surface area contributed by atoms with Crippen molar-refractivity contribution in [3.05, 3.63) is 63.4 Å². The van der Waals surface area contributed by atoms with Crippen LogP contribution in [0.5, 0.6) is 5.75 Å². The number of Topliss-reactive ketones (excluding diaryl/α,β-unsaturated/α-hetero) is 1. The van der Waals surface area contributed by atoms with Crippen molar-refractivity contribution in [3.8, 4) is 5.75 Å². The zero-order valence-electron chi connectivity index (χ0n) is 11.6. The summed E-state index contributed by atoms with van der Waals surface area (Å²) >= 11 is 6.09. The van der Waals surface area contributed by atoms with Gasteiger partial charge in [0.15, 0.2) is 5.78 Å². The van der Waals surface area contributed by atoms with Gasteiger partial charge in [0.25, 0.3) is 0 Å². The van der Waals surface area contributed by atoms with E-state index in [1.54, 1.807) is 19.1 Å². The van der Waals surface area contributed by atoms with Gasteiger partial charge in [-0.15, -0.1) is 0 Å². The molecule has 0 atom stereocenters. The maximum Gasteiger partial charge on any atom is 0.167 e. The molecule has 4 heteroatoms. The summed E-state index contributed by atoms with van der Waals surface area (Å²) in [6.45, 7) is 2.40. The first-order valence-corrected chi connectivity index (χ1v) is 7.16. The van der Waals surface area contributed by atoms with E-state index in [0.717, 1.165) is 28.9 Å². The number of carbonyl (C=O) groups is 1. The number of rotatable bonds is 3. The monoisotopic (exact) mass is 304 g/mol. The highest BCUT2D eigenvalue weighted by molar-refractivity contribution is 6.30. The molecule has 0 unspecified atom stereocenters. The van der Waals surface area contributed by atoms with Gasteiger partial charge in [-0.3, -0.25) is 4.79 Å². The van der Waals surface area contributed by atoms with E-state index in [4.69, 9.17) is 16.3 Å². The van der Waals surface area contributed by atoms with Gasteiger partial charge < -0.3 is 4.74 Å². The Morgan fingerprint density at radius 3 is 2.95 bits per heavy atom. The van der Waals surface area contributed by atoms with Crippen LogP contribution in [-0.2, 0) is 12.8 Å². The summed E-state index contributed by atoms with van der Waals surface area (Å²) in [6, 6.07) is 7.86. The third kappa shape index (κ3) is 2.79. The minimum Gasteiger partial charge on any atom is -0.493 e. The number of hydrogen-bond donors (Lipinski definition) is 0. The number of aryl methyl sites for hydroxylation is 1. The molecule has 1 aliphatic heterocycles. The topological polar surface area (TPSA) is 26.3 Å². The van der Waals surface area contributed by atoms with Gasteiger partial charge >= 0.3 is 0 Å². The Morgan fingerprint density at radius 1 is 1.33 bits per heavy atom. The molecule has 0 fully saturated rings. The molecule has 0 saturated heterocycles. The van der Waals surface area contributed by atoms with E-state index in [1.807, 2.05) is 6.07 Å². The van der Waals surface area contributed by atoms with Crippen molar-refractivity contribution >= 4 is 17.4 Å². The minimum absolute atomic E-state index is 0.132. The number of hydrogen-bond acceptors (Lipinski definition) is 2. The number of fused-ring (bicyclic) bond motifs is 1. The number of carbonyl (C=O) groups excluding carboxylic acids is 1. The van der Waals surface area contributed by atoms with Crippen LogP contribution in [0.1, 0.15) is 27.0 Å². The predicted molar refractivity (Wildman–Crippen MR) is 79.8 cm³/mol. The van der Waals surface area contributed by atoms with Crippen LogP contribution in [0.3, 0.4) is 0 Å². The minimum atomic E-state index is -0.406. The first kappa shape index (κ1) is 14.1. The zero-order valence-corrected chi connectivity index (χ0v) is 12.3. The van der Waals surface area contributed by atoms with Crippen LogP contribution in [0.15, 0.2) is 30.3 Å². The second-order valence-corrected chi connectivity index (χ2v) is 5.65. The van der Waals surface area contributed by atoms with E-state index in [-0.39, 0.29) is 12.2 Å². The van der Waals surface area contributed by atoms with Gasteiger partial charge in [0.2, 0.25) is 0 Å². The maximum atomic E-state index is 13.3. The Balaban J connectivity index is 1.94. The molecule has 108 valence electrons. The average Bonchev–Trinajstić information content (AvgIpc) is 2.89. The summed E-state index contributed by atoms with van der Waals surface area (Å²) in [5.74, 6) is 0.213. The molecule has 2 aromatic carbocycles. The van der Waals surface area contributed by atoms with E-state index < -0.39 is 5.82 Å². The second-order valence-electron chi connectivity index (χ2n) is 5.21. The summed E-state index contributed by atoms with van der Waals surface area (Å²) in [5.41, 5.74) is 2.97. The summed E-state index contributed by atoms with van der Waals surface area (Å²) in [7, 11) is 0. The van der Waals surface area contributed by atoms with E-state index in [1.165, 1.54) is 12.1 Å². The molecule has 0 N–H and O–H groups in total. The number of ketones is 1. The molecule has 1 heterocycles. The number of halogens is 2. The number of benzene rings is 2. The highest BCUT2D eigenvalue weighted by Crippen LogP contribution is 2.33. The Kier molecular flexibility index (Phi) is 3.68. The quantitative estimate of drug-likeness (QED) is 0.796. The van der Waals surface area contributed by atoms with Crippen LogP contribution in [0, 0.1) is 12.7 Å². The number of ether oxygens (including phenoxy) is 1. The van der Waals surface area contributed by atoms with Gasteiger partial charge in [-0.25, -0.2) is 4.39 Å². The first-order valence-electron chi connectivity index (χ1n) is 6.78. The summed E-state index contributed by atoms with van der Waals surface area (Å²) in [6.07, 6.45) is 0.962. The second kappa shape index (κ2) is 5.49. The maximum absolute atomic E-state index is 13.3. The molecular weight excluding hydrogens is 291 g/mol. The summed E-state index contributed by atoms with van der Waals surface area (Å²) < 4.78 is 18.9. The molecule has 0 amide bonds. The molecule has 21 heavy (non-hydrogen) atoms. The largest absolute Gasteiger partial charge is 0.493 e. The Morgan fingerprint density at radius 2 is 2.14 bits per heavy atom. The molecule has 0 radical (unpaired) electrons. The van der Waals surface area contributed by atoms with Gasteiger partial charge in [-0.05, 0) is 42.3 Å². The molecule has 2 nitrogen and oxygen atoms in total. The van der Waals surface area contributed by atoms with E-state index in [0.29, 0.717) is 17.2 Å². The molecule has 2 aromatic rings. The van der Waals surface area contributed by atoms with Crippen molar-refractivity contribution in [2.75, 3.05) is 6.61 Å². The van der Waals surface area contributed by atoms with Gasteiger partial charge in [-0.1, -0.05) is 17.7 Å². The molecule has 3 rings (SSSR count). The SMILES string of the molecule is Cc1ccc(F)cc1C(=O)Cc1cc(Cl)cc2c1OCC2. The van der Waals surface area contributed by atoms with Gasteiger partial charge in [-0.2, -0.15) is 0 Å². The lowest BCUT2D eigenvalue weighted by atomic mass is 9.97. The first-order chi connectivity index (χ1) is 10.0. The molecule has 0 aromatic heterocycles. The van der Waals surface area contributed by atoms with Crippen LogP contribution in [-0.4, -0.2) is 12.4 Å². The van der Waals surface area contributed by atoms with Crippen molar-refractivity contribution < 1.29 is 13.9 Å². The van der Waals surface area contributed by atoms with E-state index in [9.17, 15) is 9.18 Å². The van der Waals surface area contributed by atoms with Gasteiger partial charge in [0, 0.05) is 29.0 Å². The normalized spacial score (nSPS) is 12.9. The molecule has 0 bridgehead atoms. The Bertz CT molecular complexity index is 725. The average molecular weight is 305 g/mol. The Hall–Kier alpha value is -1.87. The molecule has 0 saturated carbocycles. The van der Waals surface area contributed by atoms with Crippen LogP contribution in [0.2, 0.25) is 5.02 Å². The lowest BCUT2D eigenvalue weighted by Gasteiger charge is -2.10. The van der Waals surface area contributed by atoms with Crippen LogP contribution < -0.4 is 4.74 Å². The van der Waals surface area contributed by atoms with Crippen LogP contribution in [0.4, 0.5) is 4.39 Å². The lowest BCUT2D eigenvalue weighted by molar-refractivity contribution is 0.0991. The fourth-order valence-corrected chi connectivity index (χ4v) is 2.90. The van der Waals surface area contributed by atoms with Crippen molar-refractivity contribution in [1.82, 2.24) is 0 Å². The zero-order chi connectivity index (χ0) is 15.0. The smallest absolute Gasteiger partial charge is 0.167 e. The Labute approximate surface area is 127 Å². The fraction of sp³-hybridized carbons (Fsp3) is 0.235. The summed E-state index contributed by atoms with van der Waals surface area (Å²) in [5, 5.41) is 0.595. The van der Waals surface area contributed by atoms with Crippen molar-refractivity contribution in [2.45, 2.75) is 19.8 Å². The molecule has 1 aliphatic rings. The molecule has 0 spiro atoms. The van der Waals surface area contributed by atoms with Crippen molar-refractivity contribution in [3.63, 3.8) is 0 Å². The van der Waals surface area contributed by atoms with Gasteiger partial charge in [0.05, 0.1) is 6.61 Å². The molecular formula is C17H14ClFO2.